The second-order valence-electron chi connectivity index (χ2n) is 3.49. The molecule has 0 fully saturated rings. The number of carbonyl (C=O) groups is 2. The molecule has 0 aliphatic carbocycles. The summed E-state index contributed by atoms with van der Waals surface area (Å²) in [5.41, 5.74) is 2.10. The van der Waals surface area contributed by atoms with Gasteiger partial charge in [0, 0.05) is 6.08 Å². The molecule has 0 spiro atoms. The van der Waals surface area contributed by atoms with Gasteiger partial charge in [0.1, 0.15) is 0 Å². The van der Waals surface area contributed by atoms with Gasteiger partial charge in [0.2, 0.25) is 0 Å². The summed E-state index contributed by atoms with van der Waals surface area (Å²) in [7, 11) is 1.30. The third kappa shape index (κ3) is 1.53. The van der Waals surface area contributed by atoms with Crippen molar-refractivity contribution in [1.82, 2.24) is 5.06 Å². The Morgan fingerprint density at radius 2 is 1.88 bits per heavy atom. The Hall–Kier alpha value is -1.94. The van der Waals surface area contributed by atoms with Crippen molar-refractivity contribution in [2.24, 2.45) is 0 Å². The Labute approximate surface area is 93.1 Å². The van der Waals surface area contributed by atoms with Gasteiger partial charge in [-0.1, -0.05) is 24.3 Å². The molecule has 1 aliphatic rings. The molecule has 2 amide bonds. The van der Waals surface area contributed by atoms with Gasteiger partial charge in [-0.25, -0.2) is 0 Å². The Bertz CT molecular complexity index is 491. The molecule has 4 nitrogen and oxygen atoms in total. The fourth-order valence-electron chi connectivity index (χ4n) is 1.69. The van der Waals surface area contributed by atoms with Crippen molar-refractivity contribution in [2.75, 3.05) is 7.11 Å². The van der Waals surface area contributed by atoms with Gasteiger partial charge < -0.3 is 0 Å². The monoisotopic (exact) mass is 217 g/mol. The molecule has 0 N–H and O–H groups in total. The molecule has 16 heavy (non-hydrogen) atoms. The zero-order valence-electron chi connectivity index (χ0n) is 9.06. The van der Waals surface area contributed by atoms with Crippen LogP contribution >= 0.6 is 0 Å². The highest BCUT2D eigenvalue weighted by atomic mass is 16.7. The molecule has 0 unspecified atom stereocenters. The summed E-state index contributed by atoms with van der Waals surface area (Å²) >= 11 is 0. The van der Waals surface area contributed by atoms with Crippen molar-refractivity contribution in [2.45, 2.75) is 6.92 Å². The van der Waals surface area contributed by atoms with E-state index in [9.17, 15) is 9.59 Å². The van der Waals surface area contributed by atoms with Gasteiger partial charge in [0.25, 0.3) is 11.8 Å². The molecule has 1 aromatic carbocycles. The molecule has 2 rings (SSSR count). The van der Waals surface area contributed by atoms with Crippen LogP contribution in [0.1, 0.15) is 11.1 Å². The SMILES string of the molecule is CON1C(=O)C=C(c2ccccc2C)C1=O. The summed E-state index contributed by atoms with van der Waals surface area (Å²) in [6, 6.07) is 7.42. The van der Waals surface area contributed by atoms with Gasteiger partial charge in [-0.15, -0.1) is 5.06 Å². The Morgan fingerprint density at radius 3 is 2.44 bits per heavy atom. The zero-order valence-corrected chi connectivity index (χ0v) is 9.06. The Kier molecular flexibility index (Phi) is 2.58. The first-order valence-corrected chi connectivity index (χ1v) is 4.85. The molecule has 1 aliphatic heterocycles. The summed E-state index contributed by atoms with van der Waals surface area (Å²) in [4.78, 5) is 27.9. The van der Waals surface area contributed by atoms with E-state index < -0.39 is 11.8 Å². The average molecular weight is 217 g/mol. The average Bonchev–Trinajstić information content (AvgIpc) is 2.55. The molecular formula is C12H11NO3. The van der Waals surface area contributed by atoms with Crippen LogP contribution in [0.25, 0.3) is 5.57 Å². The van der Waals surface area contributed by atoms with E-state index in [1.54, 1.807) is 0 Å². The van der Waals surface area contributed by atoms with Crippen molar-refractivity contribution in [3.8, 4) is 0 Å². The van der Waals surface area contributed by atoms with Crippen LogP contribution in [-0.2, 0) is 14.4 Å². The summed E-state index contributed by atoms with van der Waals surface area (Å²) in [6.07, 6.45) is 1.30. The van der Waals surface area contributed by atoms with E-state index in [1.165, 1.54) is 13.2 Å². The maximum atomic E-state index is 11.8. The number of hydroxylamine groups is 2. The summed E-state index contributed by atoms with van der Waals surface area (Å²) < 4.78 is 0. The van der Waals surface area contributed by atoms with Crippen LogP contribution in [0.5, 0.6) is 0 Å². The largest absolute Gasteiger partial charge is 0.285 e. The van der Waals surface area contributed by atoms with Crippen LogP contribution in [0.4, 0.5) is 0 Å². The first kappa shape index (κ1) is 10.6. The lowest BCUT2D eigenvalue weighted by atomic mass is 10.0. The second-order valence-corrected chi connectivity index (χ2v) is 3.49. The van der Waals surface area contributed by atoms with E-state index in [1.807, 2.05) is 31.2 Å². The topological polar surface area (TPSA) is 46.6 Å². The Morgan fingerprint density at radius 1 is 1.19 bits per heavy atom. The van der Waals surface area contributed by atoms with Gasteiger partial charge in [-0.2, -0.15) is 0 Å². The zero-order chi connectivity index (χ0) is 11.7. The van der Waals surface area contributed by atoms with E-state index in [4.69, 9.17) is 4.84 Å². The standard InChI is InChI=1S/C12H11NO3/c1-8-5-3-4-6-9(8)10-7-11(14)13(16-2)12(10)15/h3-7H,1-2H3. The minimum Gasteiger partial charge on any atom is -0.267 e. The predicted octanol–water partition coefficient (Wildman–Crippen LogP) is 1.31. The normalized spacial score (nSPS) is 15.6. The second kappa shape index (κ2) is 3.90. The number of benzene rings is 1. The van der Waals surface area contributed by atoms with Gasteiger partial charge >= 0.3 is 0 Å². The van der Waals surface area contributed by atoms with E-state index in [0.29, 0.717) is 5.57 Å². The van der Waals surface area contributed by atoms with Crippen molar-refractivity contribution < 1.29 is 14.4 Å². The predicted molar refractivity (Wildman–Crippen MR) is 58.0 cm³/mol. The van der Waals surface area contributed by atoms with Crippen molar-refractivity contribution >= 4 is 17.4 Å². The van der Waals surface area contributed by atoms with Gasteiger partial charge in [0.15, 0.2) is 0 Å². The molecule has 0 radical (unpaired) electrons. The third-order valence-electron chi connectivity index (χ3n) is 2.50. The highest BCUT2D eigenvalue weighted by Crippen LogP contribution is 2.25. The molecule has 4 heteroatoms. The highest BCUT2D eigenvalue weighted by Gasteiger charge is 2.32. The third-order valence-corrected chi connectivity index (χ3v) is 2.50. The van der Waals surface area contributed by atoms with Gasteiger partial charge in [0.05, 0.1) is 12.7 Å². The molecule has 82 valence electrons. The van der Waals surface area contributed by atoms with Gasteiger partial charge in [-0.05, 0) is 18.1 Å². The number of rotatable bonds is 2. The van der Waals surface area contributed by atoms with E-state index in [-0.39, 0.29) is 0 Å². The fraction of sp³-hybridized carbons (Fsp3) is 0.167. The maximum Gasteiger partial charge on any atom is 0.285 e. The number of aryl methyl sites for hydroxylation is 1. The molecule has 1 aromatic rings. The maximum absolute atomic E-state index is 11.8. The van der Waals surface area contributed by atoms with Crippen LogP contribution in [0.2, 0.25) is 0 Å². The summed E-state index contributed by atoms with van der Waals surface area (Å²) in [5.74, 6) is -0.854. The minimum absolute atomic E-state index is 0.380. The highest BCUT2D eigenvalue weighted by molar-refractivity contribution is 6.32. The summed E-state index contributed by atoms with van der Waals surface area (Å²) in [6.45, 7) is 1.89. The first-order valence-electron chi connectivity index (χ1n) is 4.85. The number of hydrogen-bond acceptors (Lipinski definition) is 3. The van der Waals surface area contributed by atoms with Crippen LogP contribution in [0.3, 0.4) is 0 Å². The molecule has 0 saturated carbocycles. The smallest absolute Gasteiger partial charge is 0.267 e. The Balaban J connectivity index is 2.45. The lowest BCUT2D eigenvalue weighted by Crippen LogP contribution is -2.29. The van der Waals surface area contributed by atoms with Gasteiger partial charge in [-0.3, -0.25) is 14.4 Å². The molecule has 0 saturated heterocycles. The number of imide groups is 1. The summed E-state index contributed by atoms with van der Waals surface area (Å²) in [5, 5.41) is 0.752. The lowest BCUT2D eigenvalue weighted by Gasteiger charge is -2.11. The van der Waals surface area contributed by atoms with Crippen LogP contribution < -0.4 is 0 Å². The number of hydrogen-bond donors (Lipinski definition) is 0. The quantitative estimate of drug-likeness (QED) is 0.702. The van der Waals surface area contributed by atoms with Crippen LogP contribution in [0.15, 0.2) is 30.3 Å². The van der Waals surface area contributed by atoms with E-state index in [0.717, 1.165) is 16.2 Å². The van der Waals surface area contributed by atoms with E-state index >= 15 is 0 Å². The molecule has 0 atom stereocenters. The molecule has 0 bridgehead atoms. The molecular weight excluding hydrogens is 206 g/mol. The van der Waals surface area contributed by atoms with Crippen molar-refractivity contribution in [3.63, 3.8) is 0 Å². The fourth-order valence-corrected chi connectivity index (χ4v) is 1.69. The van der Waals surface area contributed by atoms with E-state index in [2.05, 4.69) is 0 Å². The number of amides is 2. The first-order chi connectivity index (χ1) is 7.65. The lowest BCUT2D eigenvalue weighted by molar-refractivity contribution is -0.176. The number of carbonyl (C=O) groups excluding carboxylic acids is 2. The molecule has 1 heterocycles. The molecule has 0 aromatic heterocycles. The van der Waals surface area contributed by atoms with Crippen LogP contribution in [0, 0.1) is 6.92 Å². The minimum atomic E-state index is -0.439. The van der Waals surface area contributed by atoms with Crippen LogP contribution in [-0.4, -0.2) is 24.0 Å². The number of nitrogens with zero attached hydrogens (tertiary/aromatic N) is 1. The van der Waals surface area contributed by atoms with Crippen molar-refractivity contribution in [1.29, 1.82) is 0 Å². The van der Waals surface area contributed by atoms with Crippen molar-refractivity contribution in [3.05, 3.63) is 41.5 Å².